The Morgan fingerprint density at radius 2 is 1.77 bits per heavy atom. The van der Waals surface area contributed by atoms with E-state index < -0.39 is 11.9 Å². The predicted molar refractivity (Wildman–Crippen MR) is 114 cm³/mol. The molecule has 1 aromatic carbocycles. The van der Waals surface area contributed by atoms with Crippen LogP contribution in [0.1, 0.15) is 36.9 Å². The zero-order valence-corrected chi connectivity index (χ0v) is 17.4. The van der Waals surface area contributed by atoms with Crippen molar-refractivity contribution < 1.29 is 17.9 Å². The lowest BCUT2D eigenvalue weighted by atomic mass is 10.2. The molecule has 30 heavy (non-hydrogen) atoms. The van der Waals surface area contributed by atoms with Gasteiger partial charge in [-0.3, -0.25) is 0 Å². The molecule has 0 spiro atoms. The summed E-state index contributed by atoms with van der Waals surface area (Å²) < 4.78 is 45.2. The normalized spacial score (nSPS) is 14.7. The quantitative estimate of drug-likeness (QED) is 0.671. The highest BCUT2D eigenvalue weighted by Crippen LogP contribution is 2.31. The van der Waals surface area contributed by atoms with E-state index in [0.717, 1.165) is 43.1 Å². The third kappa shape index (κ3) is 6.19. The van der Waals surface area contributed by atoms with Crippen LogP contribution in [0.2, 0.25) is 0 Å². The summed E-state index contributed by atoms with van der Waals surface area (Å²) in [4.78, 5) is 9.79. The van der Waals surface area contributed by atoms with Gasteiger partial charge in [0, 0.05) is 25.7 Å². The number of ether oxygens (including phenoxy) is 1. The van der Waals surface area contributed by atoms with Gasteiger partial charge in [0.15, 0.2) is 10.8 Å². The fourth-order valence-electron chi connectivity index (χ4n) is 3.17. The Labute approximate surface area is 178 Å². The summed E-state index contributed by atoms with van der Waals surface area (Å²) in [7, 11) is 1.58. The summed E-state index contributed by atoms with van der Waals surface area (Å²) in [6.45, 7) is 1.75. The maximum absolute atomic E-state index is 13.4. The van der Waals surface area contributed by atoms with Gasteiger partial charge >= 0.3 is 6.18 Å². The molecule has 1 saturated heterocycles. The molecular formula is C20H24F3N5OS. The van der Waals surface area contributed by atoms with E-state index in [0.29, 0.717) is 19.6 Å². The topological polar surface area (TPSA) is 62.3 Å². The van der Waals surface area contributed by atoms with Crippen LogP contribution in [0, 0.1) is 0 Å². The summed E-state index contributed by atoms with van der Waals surface area (Å²) >= 11 is 5.22. The molecule has 0 saturated carbocycles. The molecule has 2 N–H and O–H groups in total. The van der Waals surface area contributed by atoms with E-state index >= 15 is 0 Å². The molecule has 162 valence electrons. The second-order valence-corrected chi connectivity index (χ2v) is 7.40. The molecule has 0 unspecified atom stereocenters. The third-order valence-electron chi connectivity index (χ3n) is 4.77. The molecule has 6 nitrogen and oxygen atoms in total. The minimum Gasteiger partial charge on any atom is -0.497 e. The molecule has 1 aliphatic rings. The van der Waals surface area contributed by atoms with Gasteiger partial charge in [-0.1, -0.05) is 25.0 Å². The number of nitrogens with one attached hydrogen (secondary N) is 2. The third-order valence-corrected chi connectivity index (χ3v) is 5.02. The van der Waals surface area contributed by atoms with E-state index in [1.165, 1.54) is 0 Å². The molecule has 0 aliphatic carbocycles. The summed E-state index contributed by atoms with van der Waals surface area (Å²) in [6.07, 6.45) is -0.583. The first-order chi connectivity index (χ1) is 14.3. The lowest BCUT2D eigenvalue weighted by Crippen LogP contribution is -2.30. The fourth-order valence-corrected chi connectivity index (χ4v) is 3.33. The number of methoxy groups -OCH3 is 1. The Balaban J connectivity index is 1.71. The minimum atomic E-state index is -4.57. The van der Waals surface area contributed by atoms with Gasteiger partial charge in [-0.05, 0) is 42.8 Å². The van der Waals surface area contributed by atoms with Crippen molar-refractivity contribution in [1.82, 2.24) is 15.3 Å². The monoisotopic (exact) mass is 439 g/mol. The second-order valence-electron chi connectivity index (χ2n) is 6.99. The van der Waals surface area contributed by atoms with Gasteiger partial charge < -0.3 is 20.3 Å². The van der Waals surface area contributed by atoms with Crippen LogP contribution in [0.15, 0.2) is 30.3 Å². The molecule has 0 atom stereocenters. The average Bonchev–Trinajstić information content (AvgIpc) is 3.01. The highest BCUT2D eigenvalue weighted by molar-refractivity contribution is 7.80. The summed E-state index contributed by atoms with van der Waals surface area (Å²) in [5.74, 6) is 0.828. The van der Waals surface area contributed by atoms with Crippen LogP contribution in [0.3, 0.4) is 0 Å². The number of nitrogens with zero attached hydrogens (tertiary/aromatic N) is 3. The Kier molecular flexibility index (Phi) is 7.30. The standard InChI is InChI=1S/C20H24F3N5OS/c1-29-15-8-6-14(7-9-15)13-24-19(30)27-18-25-16(20(21,22)23)12-17(26-18)28-10-4-2-3-5-11-28/h6-9,12H,2-5,10-11,13H2,1H3,(H2,24,25,26,27,30). The number of aromatic nitrogens is 2. The Hall–Kier alpha value is -2.62. The molecule has 2 aromatic rings. The summed E-state index contributed by atoms with van der Waals surface area (Å²) in [6, 6.07) is 8.37. The molecule has 0 radical (unpaired) electrons. The van der Waals surface area contributed by atoms with Gasteiger partial charge in [-0.15, -0.1) is 0 Å². The highest BCUT2D eigenvalue weighted by atomic mass is 32.1. The zero-order valence-electron chi connectivity index (χ0n) is 16.6. The smallest absolute Gasteiger partial charge is 0.433 e. The van der Waals surface area contributed by atoms with Crippen molar-refractivity contribution in [1.29, 1.82) is 0 Å². The highest BCUT2D eigenvalue weighted by Gasteiger charge is 2.34. The van der Waals surface area contributed by atoms with Crippen molar-refractivity contribution in [2.45, 2.75) is 38.4 Å². The molecule has 1 aliphatic heterocycles. The van der Waals surface area contributed by atoms with Crippen LogP contribution in [-0.2, 0) is 12.7 Å². The number of hydrogen-bond donors (Lipinski definition) is 2. The van der Waals surface area contributed by atoms with Crippen LogP contribution in [-0.4, -0.2) is 35.3 Å². The van der Waals surface area contributed by atoms with Crippen molar-refractivity contribution in [2.75, 3.05) is 30.4 Å². The van der Waals surface area contributed by atoms with E-state index in [-0.39, 0.29) is 16.9 Å². The van der Waals surface area contributed by atoms with Crippen LogP contribution in [0.25, 0.3) is 0 Å². The molecule has 3 rings (SSSR count). The number of rotatable bonds is 5. The van der Waals surface area contributed by atoms with Gasteiger partial charge in [0.05, 0.1) is 7.11 Å². The number of thiocarbonyl (C=S) groups is 1. The van der Waals surface area contributed by atoms with Crippen LogP contribution in [0.5, 0.6) is 5.75 Å². The van der Waals surface area contributed by atoms with Gasteiger partial charge in [0.25, 0.3) is 0 Å². The maximum atomic E-state index is 13.4. The molecule has 1 aromatic heterocycles. The van der Waals surface area contributed by atoms with Crippen molar-refractivity contribution in [2.24, 2.45) is 0 Å². The first kappa shape index (κ1) is 22.1. The molecule has 0 bridgehead atoms. The van der Waals surface area contributed by atoms with Crippen molar-refractivity contribution in [3.8, 4) is 5.75 Å². The van der Waals surface area contributed by atoms with Gasteiger partial charge in [-0.25, -0.2) is 4.98 Å². The zero-order chi connectivity index (χ0) is 21.6. The Morgan fingerprint density at radius 3 is 2.37 bits per heavy atom. The van der Waals surface area contributed by atoms with Crippen LogP contribution >= 0.6 is 12.2 Å². The Morgan fingerprint density at radius 1 is 1.10 bits per heavy atom. The number of alkyl halides is 3. The lowest BCUT2D eigenvalue weighted by molar-refractivity contribution is -0.141. The minimum absolute atomic E-state index is 0.145. The number of hydrogen-bond acceptors (Lipinski definition) is 5. The van der Waals surface area contributed by atoms with Gasteiger partial charge in [-0.2, -0.15) is 18.2 Å². The molecular weight excluding hydrogens is 415 g/mol. The van der Waals surface area contributed by atoms with E-state index in [1.54, 1.807) is 7.11 Å². The molecule has 2 heterocycles. The van der Waals surface area contributed by atoms with Crippen LogP contribution < -0.4 is 20.3 Å². The first-order valence-corrected chi connectivity index (χ1v) is 10.1. The first-order valence-electron chi connectivity index (χ1n) is 9.74. The number of halogens is 3. The lowest BCUT2D eigenvalue weighted by Gasteiger charge is -2.23. The van der Waals surface area contributed by atoms with Crippen molar-refractivity contribution in [3.63, 3.8) is 0 Å². The number of anilines is 2. The fraction of sp³-hybridized carbons (Fsp3) is 0.450. The molecule has 0 amide bonds. The predicted octanol–water partition coefficient (Wildman–Crippen LogP) is 4.37. The molecule has 1 fully saturated rings. The Bertz CT molecular complexity index is 853. The largest absolute Gasteiger partial charge is 0.497 e. The summed E-state index contributed by atoms with van der Waals surface area (Å²) in [5, 5.41) is 5.79. The molecule has 10 heteroatoms. The van der Waals surface area contributed by atoms with Crippen molar-refractivity contribution >= 4 is 29.1 Å². The van der Waals surface area contributed by atoms with Crippen molar-refractivity contribution in [3.05, 3.63) is 41.6 Å². The average molecular weight is 440 g/mol. The van der Waals surface area contributed by atoms with Crippen LogP contribution in [0.4, 0.5) is 24.9 Å². The van der Waals surface area contributed by atoms with E-state index in [1.807, 2.05) is 29.2 Å². The van der Waals surface area contributed by atoms with Gasteiger partial charge in [0.1, 0.15) is 11.6 Å². The van der Waals surface area contributed by atoms with E-state index in [2.05, 4.69) is 20.6 Å². The SMILES string of the molecule is COc1ccc(CNC(=S)Nc2nc(N3CCCCCC3)cc(C(F)(F)F)n2)cc1. The summed E-state index contributed by atoms with van der Waals surface area (Å²) in [5.41, 5.74) is -0.0487. The van der Waals surface area contributed by atoms with E-state index in [9.17, 15) is 13.2 Å². The number of benzene rings is 1. The second kappa shape index (κ2) is 9.92. The van der Waals surface area contributed by atoms with E-state index in [4.69, 9.17) is 17.0 Å². The maximum Gasteiger partial charge on any atom is 0.433 e. The van der Waals surface area contributed by atoms with Gasteiger partial charge in [0.2, 0.25) is 5.95 Å².